The maximum atomic E-state index is 12.0. The van der Waals surface area contributed by atoms with E-state index in [1.807, 2.05) is 12.1 Å². The third-order valence-corrected chi connectivity index (χ3v) is 4.20. The molecule has 154 valence electrons. The Kier molecular flexibility index (Phi) is 6.34. The molecule has 0 bridgehead atoms. The highest BCUT2D eigenvalue weighted by Gasteiger charge is 2.24. The third-order valence-electron chi connectivity index (χ3n) is 4.20. The lowest BCUT2D eigenvalue weighted by molar-refractivity contribution is -0.143. The molecule has 0 spiro atoms. The Labute approximate surface area is 172 Å². The van der Waals surface area contributed by atoms with E-state index in [1.54, 1.807) is 71.9 Å². The second-order valence-electron chi connectivity index (χ2n) is 8.60. The van der Waals surface area contributed by atoms with Crippen LogP contribution in [0.1, 0.15) is 47.1 Å². The minimum Gasteiger partial charge on any atom is -0.426 e. The molecular formula is C24H28O5. The Hall–Kier alpha value is -2.92. The number of esters is 2. The molecule has 1 N–H and O–H groups in total. The van der Waals surface area contributed by atoms with Crippen LogP contribution >= 0.6 is 0 Å². The highest BCUT2D eigenvalue weighted by molar-refractivity contribution is 5.89. The fourth-order valence-corrected chi connectivity index (χ4v) is 2.50. The van der Waals surface area contributed by atoms with E-state index < -0.39 is 17.0 Å². The summed E-state index contributed by atoms with van der Waals surface area (Å²) in [6.45, 7) is 13.8. The van der Waals surface area contributed by atoms with Gasteiger partial charge in [0.2, 0.25) is 0 Å². The fourth-order valence-electron chi connectivity index (χ4n) is 2.50. The molecule has 2 aromatic carbocycles. The van der Waals surface area contributed by atoms with E-state index >= 15 is 0 Å². The Morgan fingerprint density at radius 1 is 0.897 bits per heavy atom. The molecule has 0 aliphatic rings. The zero-order valence-corrected chi connectivity index (χ0v) is 17.8. The number of benzene rings is 2. The minimum atomic E-state index is -1.17. The number of ether oxygens (including phenoxy) is 2. The fraction of sp³-hybridized carbons (Fsp3) is 0.333. The second-order valence-corrected chi connectivity index (χ2v) is 8.60. The van der Waals surface area contributed by atoms with Crippen molar-refractivity contribution < 1.29 is 24.2 Å². The van der Waals surface area contributed by atoms with Crippen molar-refractivity contribution in [1.82, 2.24) is 0 Å². The minimum absolute atomic E-state index is 0.291. The van der Waals surface area contributed by atoms with Crippen molar-refractivity contribution in [2.24, 2.45) is 5.41 Å². The van der Waals surface area contributed by atoms with Crippen LogP contribution in [-0.4, -0.2) is 17.0 Å². The van der Waals surface area contributed by atoms with Gasteiger partial charge in [0, 0.05) is 5.57 Å². The predicted molar refractivity (Wildman–Crippen MR) is 113 cm³/mol. The van der Waals surface area contributed by atoms with Crippen LogP contribution in [0.2, 0.25) is 0 Å². The molecule has 0 amide bonds. The molecule has 2 aromatic rings. The van der Waals surface area contributed by atoms with Gasteiger partial charge in [0.1, 0.15) is 11.5 Å². The summed E-state index contributed by atoms with van der Waals surface area (Å²) in [4.78, 5) is 23.8. The van der Waals surface area contributed by atoms with Crippen molar-refractivity contribution in [1.29, 1.82) is 0 Å². The van der Waals surface area contributed by atoms with Crippen LogP contribution in [-0.2, 0) is 15.2 Å². The van der Waals surface area contributed by atoms with Gasteiger partial charge in [-0.25, -0.2) is 4.79 Å². The van der Waals surface area contributed by atoms with Crippen molar-refractivity contribution in [2.75, 3.05) is 0 Å². The maximum absolute atomic E-state index is 12.0. The summed E-state index contributed by atoms with van der Waals surface area (Å²) in [5, 5.41) is 10.6. The molecule has 5 nitrogen and oxygen atoms in total. The van der Waals surface area contributed by atoms with Crippen molar-refractivity contribution in [3.8, 4) is 22.6 Å². The molecule has 0 radical (unpaired) electrons. The average molecular weight is 396 g/mol. The molecule has 0 aliphatic heterocycles. The number of hydrogen-bond acceptors (Lipinski definition) is 5. The summed E-state index contributed by atoms with van der Waals surface area (Å²) in [5.41, 5.74) is 0.738. The molecular weight excluding hydrogens is 368 g/mol. The van der Waals surface area contributed by atoms with Crippen LogP contribution < -0.4 is 9.47 Å². The lowest BCUT2D eigenvalue weighted by Gasteiger charge is -2.23. The highest BCUT2D eigenvalue weighted by Crippen LogP contribution is 2.35. The topological polar surface area (TPSA) is 72.8 Å². The van der Waals surface area contributed by atoms with E-state index in [0.29, 0.717) is 22.6 Å². The number of hydrogen-bond donors (Lipinski definition) is 1. The Morgan fingerprint density at radius 2 is 1.45 bits per heavy atom. The Morgan fingerprint density at radius 3 is 1.93 bits per heavy atom. The summed E-state index contributed by atoms with van der Waals surface area (Å²) in [6.07, 6.45) is 0. The van der Waals surface area contributed by atoms with Gasteiger partial charge in [0.05, 0.1) is 11.0 Å². The summed E-state index contributed by atoms with van der Waals surface area (Å²) in [5.74, 6) is -0.0596. The van der Waals surface area contributed by atoms with Crippen LogP contribution in [0, 0.1) is 5.41 Å². The van der Waals surface area contributed by atoms with Crippen molar-refractivity contribution in [3.05, 3.63) is 60.2 Å². The van der Waals surface area contributed by atoms with E-state index in [9.17, 15) is 14.7 Å². The summed E-state index contributed by atoms with van der Waals surface area (Å²) >= 11 is 0. The maximum Gasteiger partial charge on any atom is 0.338 e. The molecule has 29 heavy (non-hydrogen) atoms. The molecule has 0 atom stereocenters. The summed E-state index contributed by atoms with van der Waals surface area (Å²) in [7, 11) is 0. The van der Waals surface area contributed by atoms with Gasteiger partial charge in [-0.1, -0.05) is 24.8 Å². The van der Waals surface area contributed by atoms with Gasteiger partial charge in [-0.15, -0.1) is 0 Å². The molecule has 0 unspecified atom stereocenters. The van der Waals surface area contributed by atoms with Crippen LogP contribution in [0.25, 0.3) is 11.1 Å². The average Bonchev–Trinajstić information content (AvgIpc) is 2.60. The molecule has 5 heteroatoms. The summed E-state index contributed by atoms with van der Waals surface area (Å²) in [6, 6.07) is 12.1. The van der Waals surface area contributed by atoms with Gasteiger partial charge in [-0.3, -0.25) is 4.79 Å². The first kappa shape index (κ1) is 22.4. The molecule has 0 aliphatic carbocycles. The van der Waals surface area contributed by atoms with E-state index in [4.69, 9.17) is 9.47 Å². The van der Waals surface area contributed by atoms with Gasteiger partial charge in [0.25, 0.3) is 0 Å². The van der Waals surface area contributed by atoms with Gasteiger partial charge in [-0.2, -0.15) is 0 Å². The van der Waals surface area contributed by atoms with E-state index in [1.165, 1.54) is 0 Å². The quantitative estimate of drug-likeness (QED) is 0.437. The van der Waals surface area contributed by atoms with Crippen LogP contribution in [0.4, 0.5) is 0 Å². The van der Waals surface area contributed by atoms with E-state index in [0.717, 1.165) is 11.1 Å². The lowest BCUT2D eigenvalue weighted by atomic mass is 9.89. The lowest BCUT2D eigenvalue weighted by Crippen LogP contribution is -2.25. The van der Waals surface area contributed by atoms with Crippen molar-refractivity contribution in [3.63, 3.8) is 0 Å². The highest BCUT2D eigenvalue weighted by atomic mass is 16.5. The Bertz CT molecular complexity index is 925. The second kappa shape index (κ2) is 8.21. The van der Waals surface area contributed by atoms with E-state index in [-0.39, 0.29) is 5.97 Å². The summed E-state index contributed by atoms with van der Waals surface area (Å²) < 4.78 is 10.7. The zero-order valence-electron chi connectivity index (χ0n) is 17.8. The monoisotopic (exact) mass is 396 g/mol. The van der Waals surface area contributed by atoms with Gasteiger partial charge < -0.3 is 14.6 Å². The van der Waals surface area contributed by atoms with Crippen LogP contribution in [0.3, 0.4) is 0 Å². The first-order valence-electron chi connectivity index (χ1n) is 9.36. The van der Waals surface area contributed by atoms with Crippen LogP contribution in [0.15, 0.2) is 54.6 Å². The molecule has 0 fully saturated rings. The number of carbonyl (C=O) groups is 2. The van der Waals surface area contributed by atoms with Crippen molar-refractivity contribution in [2.45, 2.75) is 47.1 Å². The van der Waals surface area contributed by atoms with Gasteiger partial charge in [-0.05, 0) is 82.5 Å². The first-order valence-corrected chi connectivity index (χ1v) is 9.36. The number of aliphatic hydroxyl groups is 1. The molecule has 0 saturated heterocycles. The van der Waals surface area contributed by atoms with E-state index in [2.05, 4.69) is 6.58 Å². The Balaban J connectivity index is 2.37. The number of rotatable bonds is 5. The molecule has 0 aromatic heterocycles. The molecule has 0 heterocycles. The normalized spacial score (nSPS) is 11.7. The molecule has 2 rings (SSSR count). The third kappa shape index (κ3) is 5.78. The predicted octanol–water partition coefficient (Wildman–Crippen LogP) is 5.01. The largest absolute Gasteiger partial charge is 0.426 e. The first-order chi connectivity index (χ1) is 13.3. The SMILES string of the molecule is C=C(C)C(=O)Oc1ccc(-c2ccc(OC(=O)C(C)(C)C)cc2)c(C(C)(C)O)c1. The molecule has 0 saturated carbocycles. The number of carbonyl (C=O) groups excluding carboxylic acids is 2. The van der Waals surface area contributed by atoms with Gasteiger partial charge in [0.15, 0.2) is 0 Å². The van der Waals surface area contributed by atoms with Gasteiger partial charge >= 0.3 is 11.9 Å². The smallest absolute Gasteiger partial charge is 0.338 e. The standard InChI is InChI=1S/C24H28O5/c1-15(2)21(25)28-18-12-13-19(20(14-18)24(6,7)27)16-8-10-17(11-9-16)29-22(26)23(3,4)5/h8-14,27H,1H2,2-7H3. The zero-order chi connectivity index (χ0) is 22.0. The van der Waals surface area contributed by atoms with Crippen LogP contribution in [0.5, 0.6) is 11.5 Å². The van der Waals surface area contributed by atoms with Crippen molar-refractivity contribution >= 4 is 11.9 Å².